The Hall–Kier alpha value is -0.330. The molecule has 2 aliphatic carbocycles. The summed E-state index contributed by atoms with van der Waals surface area (Å²) in [5.74, 6) is 2.66. The van der Waals surface area contributed by atoms with E-state index >= 15 is 0 Å². The van der Waals surface area contributed by atoms with Crippen molar-refractivity contribution in [2.24, 2.45) is 29.1 Å². The molecule has 0 radical (unpaired) electrons. The van der Waals surface area contributed by atoms with Crippen molar-refractivity contribution in [3.05, 3.63) is 0 Å². The zero-order valence-corrected chi connectivity index (χ0v) is 11.3. The molecule has 1 nitrogen and oxygen atoms in total. The first kappa shape index (κ1) is 12.1. The maximum absolute atomic E-state index is 12.4. The fraction of sp³-hybridized carbons (Fsp3) is 0.933. The summed E-state index contributed by atoms with van der Waals surface area (Å²) in [6, 6.07) is 0. The van der Waals surface area contributed by atoms with Gasteiger partial charge in [-0.15, -0.1) is 0 Å². The Bertz CT molecular complexity index is 281. The molecule has 2 aliphatic rings. The molecule has 92 valence electrons. The van der Waals surface area contributed by atoms with E-state index in [1.165, 1.54) is 25.7 Å². The first-order chi connectivity index (χ1) is 7.48. The molecule has 0 N–H and O–H groups in total. The lowest BCUT2D eigenvalue weighted by Crippen LogP contribution is -2.42. The Labute approximate surface area is 100.0 Å². The molecular formula is C15H26O. The van der Waals surface area contributed by atoms with Crippen LogP contribution in [0.5, 0.6) is 0 Å². The molecule has 16 heavy (non-hydrogen) atoms. The van der Waals surface area contributed by atoms with E-state index in [-0.39, 0.29) is 5.92 Å². The molecule has 2 saturated carbocycles. The summed E-state index contributed by atoms with van der Waals surface area (Å²) < 4.78 is 0. The van der Waals surface area contributed by atoms with Gasteiger partial charge < -0.3 is 0 Å². The maximum atomic E-state index is 12.4. The molecule has 4 unspecified atom stereocenters. The number of carbonyl (C=O) groups excluding carboxylic acids is 1. The van der Waals surface area contributed by atoms with E-state index in [1.807, 2.05) is 0 Å². The van der Waals surface area contributed by atoms with Gasteiger partial charge in [0.25, 0.3) is 0 Å². The highest BCUT2D eigenvalue weighted by Gasteiger charge is 2.53. The Morgan fingerprint density at radius 1 is 1.19 bits per heavy atom. The number of fused-ring (bicyclic) bond motifs is 1. The van der Waals surface area contributed by atoms with Crippen LogP contribution in [0.2, 0.25) is 0 Å². The molecule has 0 saturated heterocycles. The van der Waals surface area contributed by atoms with E-state index < -0.39 is 0 Å². The summed E-state index contributed by atoms with van der Waals surface area (Å²) in [5.41, 5.74) is 0.319. The van der Waals surface area contributed by atoms with Gasteiger partial charge in [0.05, 0.1) is 0 Å². The van der Waals surface area contributed by atoms with Gasteiger partial charge in [-0.05, 0) is 36.5 Å². The highest BCUT2D eigenvalue weighted by atomic mass is 16.1. The van der Waals surface area contributed by atoms with Crippen LogP contribution in [-0.4, -0.2) is 5.78 Å². The van der Waals surface area contributed by atoms with Gasteiger partial charge in [-0.2, -0.15) is 0 Å². The summed E-state index contributed by atoms with van der Waals surface area (Å²) in [6.07, 6.45) is 6.52. The standard InChI is InChI=1S/C15H26O/c1-10(2)14(16)13-9-8-12-7-5-6-11(3)15(12,13)4/h10-13H,5-9H2,1-4H3. The van der Waals surface area contributed by atoms with Gasteiger partial charge in [0.1, 0.15) is 5.78 Å². The first-order valence-corrected chi connectivity index (χ1v) is 7.01. The van der Waals surface area contributed by atoms with Crippen molar-refractivity contribution in [2.75, 3.05) is 0 Å². The molecule has 0 spiro atoms. The average Bonchev–Trinajstić information content (AvgIpc) is 2.57. The van der Waals surface area contributed by atoms with Crippen LogP contribution in [0.15, 0.2) is 0 Å². The minimum absolute atomic E-state index is 0.217. The second-order valence-corrected chi connectivity index (χ2v) is 6.58. The van der Waals surface area contributed by atoms with Crippen molar-refractivity contribution in [1.29, 1.82) is 0 Å². The quantitative estimate of drug-likeness (QED) is 0.688. The molecule has 0 aliphatic heterocycles. The zero-order chi connectivity index (χ0) is 11.9. The Balaban J connectivity index is 2.25. The van der Waals surface area contributed by atoms with E-state index in [0.29, 0.717) is 17.1 Å². The average molecular weight is 222 g/mol. The minimum atomic E-state index is 0.217. The van der Waals surface area contributed by atoms with Gasteiger partial charge >= 0.3 is 0 Å². The fourth-order valence-electron chi connectivity index (χ4n) is 4.31. The lowest BCUT2D eigenvalue weighted by atomic mass is 9.58. The van der Waals surface area contributed by atoms with E-state index in [9.17, 15) is 4.79 Å². The number of carbonyl (C=O) groups is 1. The Kier molecular flexibility index (Phi) is 3.16. The van der Waals surface area contributed by atoms with Crippen LogP contribution < -0.4 is 0 Å². The molecule has 0 bridgehead atoms. The molecule has 4 atom stereocenters. The lowest BCUT2D eigenvalue weighted by Gasteiger charge is -2.45. The van der Waals surface area contributed by atoms with E-state index in [2.05, 4.69) is 27.7 Å². The van der Waals surface area contributed by atoms with Crippen molar-refractivity contribution in [3.8, 4) is 0 Å². The molecule has 0 aromatic heterocycles. The lowest BCUT2D eigenvalue weighted by molar-refractivity contribution is -0.132. The Morgan fingerprint density at radius 3 is 2.50 bits per heavy atom. The minimum Gasteiger partial charge on any atom is -0.299 e. The summed E-state index contributed by atoms with van der Waals surface area (Å²) in [6.45, 7) is 8.90. The van der Waals surface area contributed by atoms with Gasteiger partial charge in [0.15, 0.2) is 0 Å². The molecule has 0 aromatic carbocycles. The van der Waals surface area contributed by atoms with E-state index in [0.717, 1.165) is 18.3 Å². The summed E-state index contributed by atoms with van der Waals surface area (Å²) >= 11 is 0. The molecule has 2 rings (SSSR count). The molecular weight excluding hydrogens is 196 g/mol. The Morgan fingerprint density at radius 2 is 1.88 bits per heavy atom. The number of hydrogen-bond donors (Lipinski definition) is 0. The van der Waals surface area contributed by atoms with E-state index in [4.69, 9.17) is 0 Å². The zero-order valence-electron chi connectivity index (χ0n) is 11.3. The first-order valence-electron chi connectivity index (χ1n) is 7.01. The normalized spacial score (nSPS) is 43.4. The van der Waals surface area contributed by atoms with Crippen molar-refractivity contribution in [1.82, 2.24) is 0 Å². The topological polar surface area (TPSA) is 17.1 Å². The van der Waals surface area contributed by atoms with E-state index in [1.54, 1.807) is 0 Å². The predicted molar refractivity (Wildman–Crippen MR) is 67.2 cm³/mol. The molecule has 0 amide bonds. The monoisotopic (exact) mass is 222 g/mol. The third-order valence-corrected chi connectivity index (χ3v) is 5.60. The highest BCUT2D eigenvalue weighted by Crippen LogP contribution is 2.58. The van der Waals surface area contributed by atoms with Crippen LogP contribution in [0.1, 0.15) is 59.8 Å². The fourth-order valence-corrected chi connectivity index (χ4v) is 4.31. The molecule has 1 heteroatoms. The van der Waals surface area contributed by atoms with Crippen LogP contribution >= 0.6 is 0 Å². The summed E-state index contributed by atoms with van der Waals surface area (Å²) in [7, 11) is 0. The largest absolute Gasteiger partial charge is 0.299 e. The highest BCUT2D eigenvalue weighted by molar-refractivity contribution is 5.84. The molecule has 2 fully saturated rings. The van der Waals surface area contributed by atoms with Crippen LogP contribution in [0.4, 0.5) is 0 Å². The van der Waals surface area contributed by atoms with Crippen LogP contribution in [0.25, 0.3) is 0 Å². The van der Waals surface area contributed by atoms with Gasteiger partial charge in [-0.3, -0.25) is 4.79 Å². The maximum Gasteiger partial charge on any atom is 0.139 e. The van der Waals surface area contributed by atoms with Gasteiger partial charge in [0.2, 0.25) is 0 Å². The number of ketones is 1. The summed E-state index contributed by atoms with van der Waals surface area (Å²) in [4.78, 5) is 12.4. The smallest absolute Gasteiger partial charge is 0.139 e. The van der Waals surface area contributed by atoms with Crippen molar-refractivity contribution in [2.45, 2.75) is 59.8 Å². The van der Waals surface area contributed by atoms with Crippen LogP contribution in [0.3, 0.4) is 0 Å². The van der Waals surface area contributed by atoms with Gasteiger partial charge in [0, 0.05) is 11.8 Å². The van der Waals surface area contributed by atoms with Crippen molar-refractivity contribution in [3.63, 3.8) is 0 Å². The summed E-state index contributed by atoms with van der Waals surface area (Å²) in [5, 5.41) is 0. The third kappa shape index (κ3) is 1.63. The SMILES string of the molecule is CC(C)C(=O)C1CCC2CCCC(C)C21C. The van der Waals surface area contributed by atoms with Gasteiger partial charge in [-0.1, -0.05) is 40.5 Å². The van der Waals surface area contributed by atoms with Gasteiger partial charge in [-0.25, -0.2) is 0 Å². The number of hydrogen-bond acceptors (Lipinski definition) is 1. The van der Waals surface area contributed by atoms with Crippen molar-refractivity contribution >= 4 is 5.78 Å². The van der Waals surface area contributed by atoms with Crippen LogP contribution in [0, 0.1) is 29.1 Å². The second-order valence-electron chi connectivity index (χ2n) is 6.58. The third-order valence-electron chi connectivity index (χ3n) is 5.60. The van der Waals surface area contributed by atoms with Crippen LogP contribution in [-0.2, 0) is 4.79 Å². The van der Waals surface area contributed by atoms with Crippen molar-refractivity contribution < 1.29 is 4.79 Å². The molecule has 0 heterocycles. The predicted octanol–water partition coefficient (Wildman–Crippen LogP) is 4.06. The number of Topliss-reactive ketones (excluding diaryl/α,β-unsaturated/α-hetero) is 1. The number of rotatable bonds is 2. The molecule has 0 aromatic rings. The second kappa shape index (κ2) is 4.16.